The lowest BCUT2D eigenvalue weighted by molar-refractivity contribution is -0.124. The van der Waals surface area contributed by atoms with E-state index >= 15 is 0 Å². The number of amides is 1. The van der Waals surface area contributed by atoms with Gasteiger partial charge in [-0.3, -0.25) is 9.10 Å². The second-order valence-corrected chi connectivity index (χ2v) is 7.08. The van der Waals surface area contributed by atoms with E-state index in [1.165, 1.54) is 77.0 Å². The molecule has 118 valence electrons. The molecular formula is C17H33NOS. The predicted octanol–water partition coefficient (Wildman–Crippen LogP) is 5.57. The Balaban J connectivity index is 1.73. The van der Waals surface area contributed by atoms with Crippen molar-refractivity contribution < 1.29 is 4.79 Å². The summed E-state index contributed by atoms with van der Waals surface area (Å²) in [6, 6.07) is 0. The quantitative estimate of drug-likeness (QED) is 0.327. The Labute approximate surface area is 130 Å². The van der Waals surface area contributed by atoms with Gasteiger partial charge in [-0.2, -0.15) is 0 Å². The van der Waals surface area contributed by atoms with Gasteiger partial charge in [-0.15, -0.1) is 0 Å². The third-order valence-corrected chi connectivity index (χ3v) is 5.14. The Hall–Kier alpha value is -0.180. The van der Waals surface area contributed by atoms with E-state index < -0.39 is 0 Å². The van der Waals surface area contributed by atoms with Crippen molar-refractivity contribution >= 4 is 17.9 Å². The maximum atomic E-state index is 11.4. The molecule has 0 unspecified atom stereocenters. The number of unbranched alkanes of at least 4 members (excludes halogenated alkanes) is 11. The SMILES string of the molecule is CCCCCCCCCCCCCCN1SCCC1=O. The highest BCUT2D eigenvalue weighted by molar-refractivity contribution is 7.97. The molecule has 20 heavy (non-hydrogen) atoms. The zero-order chi connectivity index (χ0) is 14.5. The molecule has 0 aromatic rings. The molecule has 1 fully saturated rings. The van der Waals surface area contributed by atoms with Crippen LogP contribution in [-0.4, -0.2) is 22.5 Å². The molecule has 0 radical (unpaired) electrons. The molecule has 1 aliphatic rings. The van der Waals surface area contributed by atoms with E-state index in [0.717, 1.165) is 18.7 Å². The minimum Gasteiger partial charge on any atom is -0.286 e. The summed E-state index contributed by atoms with van der Waals surface area (Å²) in [6.07, 6.45) is 17.3. The van der Waals surface area contributed by atoms with Crippen LogP contribution in [0.25, 0.3) is 0 Å². The molecule has 0 aliphatic carbocycles. The summed E-state index contributed by atoms with van der Waals surface area (Å²) in [5, 5.41) is 0. The van der Waals surface area contributed by atoms with Gasteiger partial charge in [0.2, 0.25) is 5.91 Å². The van der Waals surface area contributed by atoms with Crippen molar-refractivity contribution in [2.75, 3.05) is 12.3 Å². The first kappa shape index (κ1) is 17.9. The molecule has 0 bridgehead atoms. The van der Waals surface area contributed by atoms with E-state index in [1.807, 2.05) is 4.31 Å². The molecule has 3 heteroatoms. The van der Waals surface area contributed by atoms with Crippen molar-refractivity contribution in [3.8, 4) is 0 Å². The van der Waals surface area contributed by atoms with Crippen LogP contribution in [0.5, 0.6) is 0 Å². The van der Waals surface area contributed by atoms with Crippen molar-refractivity contribution in [3.05, 3.63) is 0 Å². The van der Waals surface area contributed by atoms with Gasteiger partial charge in [-0.25, -0.2) is 0 Å². The van der Waals surface area contributed by atoms with Crippen LogP contribution in [-0.2, 0) is 4.79 Å². The largest absolute Gasteiger partial charge is 0.286 e. The summed E-state index contributed by atoms with van der Waals surface area (Å²) in [5.41, 5.74) is 0. The second-order valence-electron chi connectivity index (χ2n) is 5.97. The van der Waals surface area contributed by atoms with Crippen LogP contribution in [0, 0.1) is 0 Å². The summed E-state index contributed by atoms with van der Waals surface area (Å²) in [5.74, 6) is 1.34. The lowest BCUT2D eigenvalue weighted by Gasteiger charge is -2.13. The number of rotatable bonds is 13. The van der Waals surface area contributed by atoms with E-state index in [0.29, 0.717) is 5.91 Å². The van der Waals surface area contributed by atoms with Crippen molar-refractivity contribution in [2.45, 2.75) is 90.4 Å². The first-order valence-electron chi connectivity index (χ1n) is 8.78. The fourth-order valence-corrected chi connectivity index (χ4v) is 3.71. The second kappa shape index (κ2) is 12.6. The molecule has 1 aliphatic heterocycles. The monoisotopic (exact) mass is 299 g/mol. The minimum absolute atomic E-state index is 0.345. The van der Waals surface area contributed by atoms with Gasteiger partial charge >= 0.3 is 0 Å². The van der Waals surface area contributed by atoms with Crippen LogP contribution >= 0.6 is 11.9 Å². The van der Waals surface area contributed by atoms with E-state index in [-0.39, 0.29) is 0 Å². The Kier molecular flexibility index (Phi) is 11.2. The zero-order valence-electron chi connectivity index (χ0n) is 13.4. The van der Waals surface area contributed by atoms with Crippen molar-refractivity contribution in [2.24, 2.45) is 0 Å². The molecule has 0 saturated carbocycles. The van der Waals surface area contributed by atoms with Crippen LogP contribution in [0.4, 0.5) is 0 Å². The summed E-state index contributed by atoms with van der Waals surface area (Å²) in [7, 11) is 0. The van der Waals surface area contributed by atoms with Gasteiger partial charge < -0.3 is 0 Å². The highest BCUT2D eigenvalue weighted by Crippen LogP contribution is 2.22. The van der Waals surface area contributed by atoms with Gasteiger partial charge in [0.25, 0.3) is 0 Å². The summed E-state index contributed by atoms with van der Waals surface area (Å²) in [6.45, 7) is 3.25. The normalized spacial score (nSPS) is 15.2. The molecule has 1 saturated heterocycles. The smallest absolute Gasteiger partial charge is 0.233 e. The van der Waals surface area contributed by atoms with Gasteiger partial charge in [0, 0.05) is 18.7 Å². The number of hydrogen-bond acceptors (Lipinski definition) is 2. The fourth-order valence-electron chi connectivity index (χ4n) is 2.73. The maximum Gasteiger partial charge on any atom is 0.233 e. The highest BCUT2D eigenvalue weighted by atomic mass is 32.2. The third kappa shape index (κ3) is 8.89. The van der Waals surface area contributed by atoms with Crippen LogP contribution in [0.15, 0.2) is 0 Å². The maximum absolute atomic E-state index is 11.4. The molecule has 0 aromatic carbocycles. The molecule has 0 N–H and O–H groups in total. The standard InChI is InChI=1S/C17H33NOS/c1-2-3-4-5-6-7-8-9-10-11-12-13-15-18-17(19)14-16-20-18/h2-16H2,1H3. The minimum atomic E-state index is 0.345. The Morgan fingerprint density at radius 2 is 1.35 bits per heavy atom. The van der Waals surface area contributed by atoms with Gasteiger partial charge in [0.05, 0.1) is 0 Å². The van der Waals surface area contributed by atoms with Crippen molar-refractivity contribution in [1.82, 2.24) is 4.31 Å². The molecule has 2 nitrogen and oxygen atoms in total. The van der Waals surface area contributed by atoms with Gasteiger partial charge in [0.1, 0.15) is 0 Å². The van der Waals surface area contributed by atoms with Gasteiger partial charge in [0.15, 0.2) is 0 Å². The summed E-state index contributed by atoms with van der Waals surface area (Å²) < 4.78 is 1.97. The highest BCUT2D eigenvalue weighted by Gasteiger charge is 2.19. The van der Waals surface area contributed by atoms with Crippen LogP contribution < -0.4 is 0 Å². The molecular weight excluding hydrogens is 266 g/mol. The molecule has 0 atom stereocenters. The molecule has 1 heterocycles. The predicted molar refractivity (Wildman–Crippen MR) is 89.9 cm³/mol. The molecule has 0 aromatic heterocycles. The lowest BCUT2D eigenvalue weighted by atomic mass is 10.1. The number of carbonyl (C=O) groups excluding carboxylic acids is 1. The lowest BCUT2D eigenvalue weighted by Crippen LogP contribution is -2.19. The summed E-state index contributed by atoms with van der Waals surface area (Å²) in [4.78, 5) is 11.4. The fraction of sp³-hybridized carbons (Fsp3) is 0.941. The topological polar surface area (TPSA) is 20.3 Å². The van der Waals surface area contributed by atoms with E-state index in [1.54, 1.807) is 11.9 Å². The Bertz CT molecular complexity index is 245. The van der Waals surface area contributed by atoms with Gasteiger partial charge in [-0.1, -0.05) is 77.6 Å². The van der Waals surface area contributed by atoms with E-state index in [4.69, 9.17) is 0 Å². The van der Waals surface area contributed by atoms with E-state index in [9.17, 15) is 4.79 Å². The Morgan fingerprint density at radius 1 is 0.850 bits per heavy atom. The summed E-state index contributed by atoms with van der Waals surface area (Å²) >= 11 is 1.72. The first-order valence-corrected chi connectivity index (χ1v) is 9.72. The van der Waals surface area contributed by atoms with Crippen LogP contribution in [0.2, 0.25) is 0 Å². The number of carbonyl (C=O) groups is 1. The number of hydrogen-bond donors (Lipinski definition) is 0. The van der Waals surface area contributed by atoms with Crippen LogP contribution in [0.1, 0.15) is 90.4 Å². The molecule has 0 spiro atoms. The molecule has 1 rings (SSSR count). The van der Waals surface area contributed by atoms with E-state index in [2.05, 4.69) is 6.92 Å². The third-order valence-electron chi connectivity index (χ3n) is 4.06. The zero-order valence-corrected chi connectivity index (χ0v) is 14.2. The average Bonchev–Trinajstić information content (AvgIpc) is 2.85. The van der Waals surface area contributed by atoms with Crippen molar-refractivity contribution in [1.29, 1.82) is 0 Å². The van der Waals surface area contributed by atoms with Crippen molar-refractivity contribution in [3.63, 3.8) is 0 Å². The Morgan fingerprint density at radius 3 is 1.80 bits per heavy atom. The first-order chi connectivity index (χ1) is 9.84. The molecule has 1 amide bonds. The average molecular weight is 300 g/mol. The number of nitrogens with zero attached hydrogens (tertiary/aromatic N) is 1. The van der Waals surface area contributed by atoms with Crippen LogP contribution in [0.3, 0.4) is 0 Å². The van der Waals surface area contributed by atoms with Gasteiger partial charge in [-0.05, 0) is 18.4 Å².